The van der Waals surface area contributed by atoms with Crippen molar-refractivity contribution in [2.24, 2.45) is 0 Å². The second-order valence-electron chi connectivity index (χ2n) is 6.85. The highest BCUT2D eigenvalue weighted by molar-refractivity contribution is 7.92. The normalized spacial score (nSPS) is 11.7. The van der Waals surface area contributed by atoms with Crippen LogP contribution in [0, 0.1) is 13.8 Å². The van der Waals surface area contributed by atoms with E-state index in [2.05, 4.69) is 9.88 Å². The van der Waals surface area contributed by atoms with Crippen LogP contribution in [-0.4, -0.2) is 31.5 Å². The van der Waals surface area contributed by atoms with Crippen molar-refractivity contribution in [1.29, 1.82) is 0 Å². The van der Waals surface area contributed by atoms with E-state index in [4.69, 9.17) is 9.26 Å². The molecule has 2 heterocycles. The molecule has 0 aliphatic heterocycles. The average Bonchev–Trinajstić information content (AvgIpc) is 3.17. The van der Waals surface area contributed by atoms with Gasteiger partial charge in [0.15, 0.2) is 0 Å². The number of hydrogen-bond donors (Lipinski definition) is 1. The van der Waals surface area contributed by atoms with E-state index in [1.807, 2.05) is 66.9 Å². The number of hydrogen-bond acceptors (Lipinski definition) is 5. The number of benzene rings is 2. The standard InChI is InChI=1S/C21H21N3O4S/c1-13-19(14(2)28-22-13)21-20(23-29(4,25)26)17-7-5-6-8-18(17)24(21)15-9-11-16(27-3)12-10-15/h5-12,23H,1-4H3. The van der Waals surface area contributed by atoms with Gasteiger partial charge in [0.25, 0.3) is 0 Å². The fourth-order valence-electron chi connectivity index (χ4n) is 3.59. The van der Waals surface area contributed by atoms with E-state index in [0.29, 0.717) is 22.8 Å². The molecule has 0 radical (unpaired) electrons. The van der Waals surface area contributed by atoms with Crippen molar-refractivity contribution >= 4 is 26.6 Å². The Kier molecular flexibility index (Phi) is 4.58. The van der Waals surface area contributed by atoms with Crippen molar-refractivity contribution in [3.05, 3.63) is 60.0 Å². The third kappa shape index (κ3) is 3.36. The summed E-state index contributed by atoms with van der Waals surface area (Å²) in [7, 11) is -1.91. The maximum atomic E-state index is 12.2. The Hall–Kier alpha value is -3.26. The first-order chi connectivity index (χ1) is 13.8. The molecule has 0 saturated carbocycles. The summed E-state index contributed by atoms with van der Waals surface area (Å²) >= 11 is 0. The van der Waals surface area contributed by atoms with E-state index in [0.717, 1.165) is 34.2 Å². The first-order valence-corrected chi connectivity index (χ1v) is 10.9. The largest absolute Gasteiger partial charge is 0.497 e. The number of rotatable bonds is 5. The monoisotopic (exact) mass is 411 g/mol. The highest BCUT2D eigenvalue weighted by Crippen LogP contribution is 2.43. The number of ether oxygens (including phenoxy) is 1. The average molecular weight is 411 g/mol. The first-order valence-electron chi connectivity index (χ1n) is 8.99. The number of anilines is 1. The van der Waals surface area contributed by atoms with Crippen molar-refractivity contribution in [2.75, 3.05) is 18.1 Å². The van der Waals surface area contributed by atoms with Crippen LogP contribution < -0.4 is 9.46 Å². The maximum absolute atomic E-state index is 12.2. The van der Waals surface area contributed by atoms with Gasteiger partial charge in [-0.1, -0.05) is 23.4 Å². The Morgan fingerprint density at radius 2 is 1.76 bits per heavy atom. The van der Waals surface area contributed by atoms with E-state index < -0.39 is 10.0 Å². The number of methoxy groups -OCH3 is 1. The van der Waals surface area contributed by atoms with Gasteiger partial charge in [-0.15, -0.1) is 0 Å². The molecular formula is C21H21N3O4S. The van der Waals surface area contributed by atoms with Crippen LogP contribution in [0.1, 0.15) is 11.5 Å². The summed E-state index contributed by atoms with van der Waals surface area (Å²) < 4.78 is 39.8. The summed E-state index contributed by atoms with van der Waals surface area (Å²) in [6.45, 7) is 3.65. The van der Waals surface area contributed by atoms with Gasteiger partial charge in [0, 0.05) is 11.1 Å². The summed E-state index contributed by atoms with van der Waals surface area (Å²) in [6, 6.07) is 15.2. The molecule has 29 heavy (non-hydrogen) atoms. The lowest BCUT2D eigenvalue weighted by atomic mass is 10.1. The number of para-hydroxylation sites is 1. The summed E-state index contributed by atoms with van der Waals surface area (Å²) in [5, 5.41) is 4.86. The number of aromatic nitrogens is 2. The highest BCUT2D eigenvalue weighted by atomic mass is 32.2. The SMILES string of the molecule is COc1ccc(-n2c(-c3c(C)noc3C)c(NS(C)(=O)=O)c3ccccc32)cc1. The lowest BCUT2D eigenvalue weighted by molar-refractivity contribution is 0.393. The smallest absolute Gasteiger partial charge is 0.229 e. The van der Waals surface area contributed by atoms with Gasteiger partial charge in [-0.25, -0.2) is 8.42 Å². The second-order valence-corrected chi connectivity index (χ2v) is 8.60. The molecule has 150 valence electrons. The van der Waals surface area contributed by atoms with Crippen molar-refractivity contribution in [3.63, 3.8) is 0 Å². The fourth-order valence-corrected chi connectivity index (χ4v) is 4.16. The zero-order valence-corrected chi connectivity index (χ0v) is 17.4. The Balaban J connectivity index is 2.14. The topological polar surface area (TPSA) is 86.4 Å². The number of nitrogens with one attached hydrogen (secondary N) is 1. The van der Waals surface area contributed by atoms with Crippen LogP contribution in [0.4, 0.5) is 5.69 Å². The number of nitrogens with zero attached hydrogens (tertiary/aromatic N) is 2. The fraction of sp³-hybridized carbons (Fsp3) is 0.190. The molecule has 4 aromatic rings. The highest BCUT2D eigenvalue weighted by Gasteiger charge is 2.26. The van der Waals surface area contributed by atoms with Gasteiger partial charge >= 0.3 is 0 Å². The van der Waals surface area contributed by atoms with E-state index >= 15 is 0 Å². The molecule has 7 nitrogen and oxygen atoms in total. The van der Waals surface area contributed by atoms with E-state index in [-0.39, 0.29) is 0 Å². The number of aryl methyl sites for hydroxylation is 2. The van der Waals surface area contributed by atoms with E-state index in [1.54, 1.807) is 7.11 Å². The Bertz CT molecular complexity index is 1280. The third-order valence-corrected chi connectivity index (χ3v) is 5.34. The minimum atomic E-state index is -3.52. The zero-order valence-electron chi connectivity index (χ0n) is 16.6. The van der Waals surface area contributed by atoms with Crippen LogP contribution >= 0.6 is 0 Å². The van der Waals surface area contributed by atoms with Crippen molar-refractivity contribution in [3.8, 4) is 22.7 Å². The molecule has 0 unspecified atom stereocenters. The minimum absolute atomic E-state index is 0.494. The molecule has 0 aliphatic carbocycles. The lowest BCUT2D eigenvalue weighted by Gasteiger charge is -2.13. The molecule has 1 N–H and O–H groups in total. The lowest BCUT2D eigenvalue weighted by Crippen LogP contribution is -2.11. The van der Waals surface area contributed by atoms with Crippen molar-refractivity contribution < 1.29 is 17.7 Å². The molecule has 4 rings (SSSR count). The van der Waals surface area contributed by atoms with Crippen molar-refractivity contribution in [2.45, 2.75) is 13.8 Å². The minimum Gasteiger partial charge on any atom is -0.497 e. The summed E-state index contributed by atoms with van der Waals surface area (Å²) in [6.07, 6.45) is 1.14. The molecular weight excluding hydrogens is 390 g/mol. The third-order valence-electron chi connectivity index (χ3n) is 4.76. The van der Waals surface area contributed by atoms with Gasteiger partial charge in [-0.05, 0) is 44.2 Å². The van der Waals surface area contributed by atoms with E-state index in [1.165, 1.54) is 0 Å². The van der Waals surface area contributed by atoms with Crippen LogP contribution in [0.3, 0.4) is 0 Å². The van der Waals surface area contributed by atoms with Crippen LogP contribution in [-0.2, 0) is 10.0 Å². The van der Waals surface area contributed by atoms with Gasteiger partial charge in [0.1, 0.15) is 11.5 Å². The quantitative estimate of drug-likeness (QED) is 0.530. The predicted molar refractivity (Wildman–Crippen MR) is 113 cm³/mol. The van der Waals surface area contributed by atoms with Crippen molar-refractivity contribution in [1.82, 2.24) is 9.72 Å². The van der Waals surface area contributed by atoms with Gasteiger partial charge in [0.2, 0.25) is 10.0 Å². The maximum Gasteiger partial charge on any atom is 0.229 e. The molecule has 0 saturated heterocycles. The Morgan fingerprint density at radius 3 is 2.34 bits per heavy atom. The predicted octanol–water partition coefficient (Wildman–Crippen LogP) is 4.28. The molecule has 0 aliphatic rings. The first kappa shape index (κ1) is 19.1. The molecule has 2 aromatic heterocycles. The van der Waals surface area contributed by atoms with Crippen LogP contribution in [0.5, 0.6) is 5.75 Å². The van der Waals surface area contributed by atoms with Crippen LogP contribution in [0.2, 0.25) is 0 Å². The summed E-state index contributed by atoms with van der Waals surface area (Å²) in [5.74, 6) is 1.34. The molecule has 0 fully saturated rings. The van der Waals surface area contributed by atoms with Crippen LogP contribution in [0.15, 0.2) is 53.1 Å². The number of fused-ring (bicyclic) bond motifs is 1. The van der Waals surface area contributed by atoms with Gasteiger partial charge in [-0.2, -0.15) is 0 Å². The van der Waals surface area contributed by atoms with Gasteiger partial charge < -0.3 is 13.8 Å². The summed E-state index contributed by atoms with van der Waals surface area (Å²) in [5.41, 5.74) is 4.32. The molecule has 0 spiro atoms. The zero-order chi connectivity index (χ0) is 20.8. The molecule has 8 heteroatoms. The molecule has 2 aromatic carbocycles. The molecule has 0 amide bonds. The van der Waals surface area contributed by atoms with Gasteiger partial charge in [0.05, 0.1) is 41.5 Å². The second kappa shape index (κ2) is 6.97. The molecule has 0 atom stereocenters. The summed E-state index contributed by atoms with van der Waals surface area (Å²) in [4.78, 5) is 0. The Labute approximate surface area is 168 Å². The van der Waals surface area contributed by atoms with E-state index in [9.17, 15) is 8.42 Å². The van der Waals surface area contributed by atoms with Gasteiger partial charge in [-0.3, -0.25) is 4.72 Å². The number of sulfonamides is 1. The Morgan fingerprint density at radius 1 is 1.07 bits per heavy atom. The molecule has 0 bridgehead atoms. The van der Waals surface area contributed by atoms with Crippen LogP contribution in [0.25, 0.3) is 27.8 Å².